The van der Waals surface area contributed by atoms with Crippen molar-refractivity contribution in [3.63, 3.8) is 0 Å². The van der Waals surface area contributed by atoms with Crippen LogP contribution in [0.25, 0.3) is 0 Å². The molecule has 7 heteroatoms. The van der Waals surface area contributed by atoms with Crippen molar-refractivity contribution >= 4 is 15.9 Å². The van der Waals surface area contributed by atoms with Crippen molar-refractivity contribution in [2.75, 3.05) is 19.6 Å². The first kappa shape index (κ1) is 20.2. The van der Waals surface area contributed by atoms with Gasteiger partial charge >= 0.3 is 0 Å². The molecular formula is C22H29N3O3S. The molecular weight excluding hydrogens is 386 g/mol. The Morgan fingerprint density at radius 1 is 1.10 bits per heavy atom. The maximum absolute atomic E-state index is 13.2. The summed E-state index contributed by atoms with van der Waals surface area (Å²) in [6.45, 7) is 5.93. The third kappa shape index (κ3) is 3.98. The summed E-state index contributed by atoms with van der Waals surface area (Å²) >= 11 is 0. The first-order valence-corrected chi connectivity index (χ1v) is 11.8. The van der Waals surface area contributed by atoms with E-state index in [1.807, 2.05) is 23.2 Å². The first-order valence-electron chi connectivity index (χ1n) is 10.4. The van der Waals surface area contributed by atoms with E-state index >= 15 is 0 Å². The number of nitrogens with one attached hydrogen (secondary N) is 1. The van der Waals surface area contributed by atoms with Crippen molar-refractivity contribution in [2.24, 2.45) is 11.8 Å². The Labute approximate surface area is 173 Å². The summed E-state index contributed by atoms with van der Waals surface area (Å²) in [4.78, 5) is 18.5. The van der Waals surface area contributed by atoms with Gasteiger partial charge in [0.1, 0.15) is 0 Å². The van der Waals surface area contributed by atoms with Gasteiger partial charge in [-0.1, -0.05) is 19.9 Å². The molecule has 0 aliphatic carbocycles. The highest BCUT2D eigenvalue weighted by atomic mass is 32.2. The van der Waals surface area contributed by atoms with Crippen LogP contribution in [0.5, 0.6) is 0 Å². The Bertz CT molecular complexity index is 961. The molecule has 1 aromatic carbocycles. The molecule has 4 rings (SSSR count). The molecule has 29 heavy (non-hydrogen) atoms. The SMILES string of the molecule is CC1CC(C)CN(S(=O)(=O)c2cccc(C(=O)N3CCCC3c3ccc[nH]3)c2)C1. The van der Waals surface area contributed by atoms with Gasteiger partial charge in [0.05, 0.1) is 10.9 Å². The molecule has 0 radical (unpaired) electrons. The Morgan fingerprint density at radius 3 is 2.55 bits per heavy atom. The van der Waals surface area contributed by atoms with Crippen LogP contribution in [0.3, 0.4) is 0 Å². The van der Waals surface area contributed by atoms with Crippen molar-refractivity contribution in [3.05, 3.63) is 53.9 Å². The number of benzene rings is 1. The van der Waals surface area contributed by atoms with E-state index < -0.39 is 10.0 Å². The zero-order chi connectivity index (χ0) is 20.6. The van der Waals surface area contributed by atoms with Gasteiger partial charge in [-0.05, 0) is 61.4 Å². The second kappa shape index (κ2) is 7.95. The monoisotopic (exact) mass is 415 g/mol. The number of carbonyl (C=O) groups excluding carboxylic acids is 1. The van der Waals surface area contributed by atoms with E-state index in [-0.39, 0.29) is 16.8 Å². The van der Waals surface area contributed by atoms with E-state index in [0.29, 0.717) is 37.0 Å². The highest BCUT2D eigenvalue weighted by Gasteiger charge is 2.34. The maximum Gasteiger partial charge on any atom is 0.254 e. The second-order valence-corrected chi connectivity index (χ2v) is 10.5. The molecule has 3 heterocycles. The van der Waals surface area contributed by atoms with Crippen molar-refractivity contribution in [3.8, 4) is 0 Å². The summed E-state index contributed by atoms with van der Waals surface area (Å²) in [6.07, 6.45) is 4.76. The average Bonchev–Trinajstić information content (AvgIpc) is 3.38. The molecule has 6 nitrogen and oxygen atoms in total. The molecule has 2 aliphatic heterocycles. The summed E-state index contributed by atoms with van der Waals surface area (Å²) in [5.41, 5.74) is 1.46. The number of likely N-dealkylation sites (tertiary alicyclic amines) is 1. The normalized spacial score (nSPS) is 26.0. The topological polar surface area (TPSA) is 73.5 Å². The fourth-order valence-electron chi connectivity index (χ4n) is 4.79. The van der Waals surface area contributed by atoms with Crippen molar-refractivity contribution < 1.29 is 13.2 Å². The lowest BCUT2D eigenvalue weighted by molar-refractivity contribution is 0.0733. The van der Waals surface area contributed by atoms with Gasteiger partial charge in [0.25, 0.3) is 5.91 Å². The maximum atomic E-state index is 13.2. The first-order chi connectivity index (χ1) is 13.9. The molecule has 1 N–H and O–H groups in total. The van der Waals surface area contributed by atoms with Crippen LogP contribution in [-0.4, -0.2) is 48.1 Å². The van der Waals surface area contributed by atoms with Crippen molar-refractivity contribution in [1.29, 1.82) is 0 Å². The van der Waals surface area contributed by atoms with E-state index in [1.165, 1.54) is 0 Å². The molecule has 1 amide bonds. The largest absolute Gasteiger partial charge is 0.363 e. The number of aromatic nitrogens is 1. The Morgan fingerprint density at radius 2 is 1.86 bits per heavy atom. The molecule has 0 spiro atoms. The molecule has 2 saturated heterocycles. The highest BCUT2D eigenvalue weighted by Crippen LogP contribution is 2.33. The van der Waals surface area contributed by atoms with Gasteiger partial charge in [0, 0.05) is 37.1 Å². The van der Waals surface area contributed by atoms with Gasteiger partial charge in [-0.3, -0.25) is 4.79 Å². The molecule has 2 aliphatic rings. The number of carbonyl (C=O) groups is 1. The Hall–Kier alpha value is -2.12. The number of rotatable bonds is 4. The average molecular weight is 416 g/mol. The van der Waals surface area contributed by atoms with E-state index in [1.54, 1.807) is 28.6 Å². The summed E-state index contributed by atoms with van der Waals surface area (Å²) < 4.78 is 28.0. The van der Waals surface area contributed by atoms with Crippen molar-refractivity contribution in [1.82, 2.24) is 14.2 Å². The quantitative estimate of drug-likeness (QED) is 0.828. The number of amides is 1. The van der Waals surface area contributed by atoms with Crippen LogP contribution in [0.1, 0.15) is 55.2 Å². The molecule has 2 aromatic rings. The van der Waals surface area contributed by atoms with Crippen LogP contribution in [0.15, 0.2) is 47.5 Å². The van der Waals surface area contributed by atoms with Gasteiger partial charge in [0.2, 0.25) is 10.0 Å². The third-order valence-corrected chi connectivity index (χ3v) is 7.88. The van der Waals surface area contributed by atoms with E-state index in [2.05, 4.69) is 18.8 Å². The Kier molecular flexibility index (Phi) is 5.53. The second-order valence-electron chi connectivity index (χ2n) is 8.58. The van der Waals surface area contributed by atoms with Gasteiger partial charge in [0.15, 0.2) is 0 Å². The minimum atomic E-state index is -3.61. The molecule has 156 valence electrons. The zero-order valence-corrected chi connectivity index (χ0v) is 17.9. The summed E-state index contributed by atoms with van der Waals surface area (Å²) in [5.74, 6) is 0.563. The van der Waals surface area contributed by atoms with Crippen LogP contribution in [-0.2, 0) is 10.0 Å². The molecule has 0 bridgehead atoms. The number of nitrogens with zero attached hydrogens (tertiary/aromatic N) is 2. The molecule has 3 atom stereocenters. The van der Waals surface area contributed by atoms with E-state index in [9.17, 15) is 13.2 Å². The lowest BCUT2D eigenvalue weighted by Gasteiger charge is -2.34. The van der Waals surface area contributed by atoms with Gasteiger partial charge in [-0.25, -0.2) is 8.42 Å². The molecule has 3 unspecified atom stereocenters. The van der Waals surface area contributed by atoms with Crippen LogP contribution >= 0.6 is 0 Å². The van der Waals surface area contributed by atoms with Crippen LogP contribution in [0, 0.1) is 11.8 Å². The minimum absolute atomic E-state index is 0.0153. The number of sulfonamides is 1. The van der Waals surface area contributed by atoms with Gasteiger partial charge in [-0.2, -0.15) is 4.31 Å². The number of H-pyrrole nitrogens is 1. The van der Waals surface area contributed by atoms with E-state index in [0.717, 1.165) is 25.0 Å². The number of hydrogen-bond donors (Lipinski definition) is 1. The third-order valence-electron chi connectivity index (χ3n) is 6.05. The predicted molar refractivity (Wildman–Crippen MR) is 112 cm³/mol. The van der Waals surface area contributed by atoms with Crippen molar-refractivity contribution in [2.45, 2.75) is 44.0 Å². The minimum Gasteiger partial charge on any atom is -0.363 e. The van der Waals surface area contributed by atoms with Crippen LogP contribution in [0.4, 0.5) is 0 Å². The zero-order valence-electron chi connectivity index (χ0n) is 17.0. The number of piperidine rings is 1. The lowest BCUT2D eigenvalue weighted by atomic mass is 9.94. The van der Waals surface area contributed by atoms with E-state index in [4.69, 9.17) is 0 Å². The fourth-order valence-corrected chi connectivity index (χ4v) is 6.52. The Balaban J connectivity index is 1.59. The van der Waals surface area contributed by atoms with Crippen LogP contribution in [0.2, 0.25) is 0 Å². The van der Waals surface area contributed by atoms with Gasteiger partial charge < -0.3 is 9.88 Å². The molecule has 0 saturated carbocycles. The molecule has 1 aromatic heterocycles. The number of hydrogen-bond acceptors (Lipinski definition) is 3. The predicted octanol–water partition coefficient (Wildman–Crippen LogP) is 3.66. The fraction of sp³-hybridized carbons (Fsp3) is 0.500. The van der Waals surface area contributed by atoms with Crippen LogP contribution < -0.4 is 0 Å². The highest BCUT2D eigenvalue weighted by molar-refractivity contribution is 7.89. The number of aromatic amines is 1. The summed E-state index contributed by atoms with van der Waals surface area (Å²) in [7, 11) is -3.61. The summed E-state index contributed by atoms with van der Waals surface area (Å²) in [5, 5.41) is 0. The van der Waals surface area contributed by atoms with Gasteiger partial charge in [-0.15, -0.1) is 0 Å². The molecule has 2 fully saturated rings. The standard InChI is InChI=1S/C22H29N3O3S/c1-16-12-17(2)15-24(14-16)29(27,28)19-7-3-6-18(13-19)22(26)25-11-5-9-21(25)20-8-4-10-23-20/h3-4,6-8,10,13,16-17,21,23H,5,9,11-12,14-15H2,1-2H3. The lowest BCUT2D eigenvalue weighted by Crippen LogP contribution is -2.42. The smallest absolute Gasteiger partial charge is 0.254 e. The summed E-state index contributed by atoms with van der Waals surface area (Å²) in [6, 6.07) is 10.5.